The van der Waals surface area contributed by atoms with Crippen LogP contribution in [0.4, 0.5) is 5.82 Å². The van der Waals surface area contributed by atoms with Gasteiger partial charge in [-0.2, -0.15) is 9.61 Å². The maximum Gasteiger partial charge on any atom is 0.257 e. The Kier molecular flexibility index (Phi) is 9.05. The summed E-state index contributed by atoms with van der Waals surface area (Å²) in [4.78, 5) is 25.0. The van der Waals surface area contributed by atoms with Crippen LogP contribution in [0, 0.1) is 6.92 Å². The minimum absolute atomic E-state index is 0.103. The van der Waals surface area contributed by atoms with Crippen molar-refractivity contribution in [2.75, 3.05) is 32.7 Å². The van der Waals surface area contributed by atoms with Crippen LogP contribution < -0.4 is 10.1 Å². The Morgan fingerprint density at radius 3 is 2.70 bits per heavy atom. The third kappa shape index (κ3) is 6.08. The van der Waals surface area contributed by atoms with E-state index in [0.29, 0.717) is 54.7 Å². The summed E-state index contributed by atoms with van der Waals surface area (Å²) >= 11 is 0. The second-order valence-corrected chi connectivity index (χ2v) is 11.8. The molecule has 1 fully saturated rings. The summed E-state index contributed by atoms with van der Waals surface area (Å²) in [5.74, 6) is 2.00. The van der Waals surface area contributed by atoms with Gasteiger partial charge in [-0.1, -0.05) is 31.2 Å². The number of nitrogens with one attached hydrogen (secondary N) is 1. The van der Waals surface area contributed by atoms with Crippen molar-refractivity contribution in [3.63, 3.8) is 0 Å². The highest BCUT2D eigenvalue weighted by Crippen LogP contribution is 2.34. The molecule has 1 unspecified atom stereocenters. The molecule has 5 aromatic rings. The molecule has 0 aliphatic carbocycles. The van der Waals surface area contributed by atoms with Crippen molar-refractivity contribution in [1.82, 2.24) is 29.0 Å². The summed E-state index contributed by atoms with van der Waals surface area (Å²) < 4.78 is 14.9. The Morgan fingerprint density at radius 2 is 1.98 bits per heavy atom. The number of aliphatic hydroxyl groups is 1. The number of hydrogen-bond acceptors (Lipinski definition) is 8. The van der Waals surface area contributed by atoms with Crippen LogP contribution >= 0.6 is 0 Å². The normalized spacial score (nSPS) is 14.4. The van der Waals surface area contributed by atoms with Gasteiger partial charge in [0, 0.05) is 69.5 Å². The molecule has 3 aromatic heterocycles. The second-order valence-electron chi connectivity index (χ2n) is 11.8. The average Bonchev–Trinajstić information content (AvgIpc) is 3.68. The van der Waals surface area contributed by atoms with Crippen molar-refractivity contribution >= 4 is 17.4 Å². The highest BCUT2D eigenvalue weighted by atomic mass is 16.5. The van der Waals surface area contributed by atoms with Gasteiger partial charge < -0.3 is 29.4 Å². The van der Waals surface area contributed by atoms with Crippen LogP contribution in [0.2, 0.25) is 0 Å². The first-order valence-electron chi connectivity index (χ1n) is 15.7. The summed E-state index contributed by atoms with van der Waals surface area (Å²) in [5, 5.41) is 19.3. The van der Waals surface area contributed by atoms with Crippen molar-refractivity contribution in [1.29, 1.82) is 0 Å². The van der Waals surface area contributed by atoms with Crippen LogP contribution in [0.3, 0.4) is 0 Å². The van der Waals surface area contributed by atoms with E-state index in [4.69, 9.17) is 19.6 Å². The number of ether oxygens (including phenoxy) is 2. The molecular weight excluding hydrogens is 582 g/mol. The Bertz CT molecular complexity index is 1860. The number of aryl methyl sites for hydroxylation is 2. The number of imidazole rings is 1. The SMILES string of the molecule is CCC(O)c1cc(NCc2cccc(-c3nccn3C)c2)n2nc(C)c(-c3ccc(OC)c(C(=O)N(C)C4CCOCC4)c3)c2n1. The van der Waals surface area contributed by atoms with E-state index in [-0.39, 0.29) is 11.9 Å². The summed E-state index contributed by atoms with van der Waals surface area (Å²) in [6, 6.07) is 15.8. The summed E-state index contributed by atoms with van der Waals surface area (Å²) in [5.41, 5.74) is 6.03. The topological polar surface area (TPSA) is 119 Å². The van der Waals surface area contributed by atoms with Crippen molar-refractivity contribution in [2.24, 2.45) is 7.05 Å². The Balaban J connectivity index is 1.38. The van der Waals surface area contributed by atoms with Gasteiger partial charge in [0.25, 0.3) is 5.91 Å². The minimum Gasteiger partial charge on any atom is -0.496 e. The number of aliphatic hydroxyl groups excluding tert-OH is 1. The lowest BCUT2D eigenvalue weighted by Crippen LogP contribution is -2.40. The molecule has 0 spiro atoms. The molecule has 6 rings (SSSR count). The molecule has 0 saturated carbocycles. The number of rotatable bonds is 10. The number of aromatic nitrogens is 5. The number of amides is 1. The molecule has 240 valence electrons. The third-order valence-corrected chi connectivity index (χ3v) is 8.77. The number of nitrogens with zero attached hydrogens (tertiary/aromatic N) is 6. The highest BCUT2D eigenvalue weighted by Gasteiger charge is 2.27. The number of carbonyl (C=O) groups is 1. The molecule has 4 heterocycles. The molecule has 2 aromatic carbocycles. The van der Waals surface area contributed by atoms with Crippen molar-refractivity contribution in [3.05, 3.63) is 83.4 Å². The number of anilines is 1. The Morgan fingerprint density at radius 1 is 1.17 bits per heavy atom. The number of benzene rings is 2. The van der Waals surface area contributed by atoms with Gasteiger partial charge in [-0.3, -0.25) is 4.79 Å². The lowest BCUT2D eigenvalue weighted by Gasteiger charge is -2.31. The molecule has 46 heavy (non-hydrogen) atoms. The van der Waals surface area contributed by atoms with Crippen LogP contribution in [0.25, 0.3) is 28.2 Å². The summed E-state index contributed by atoms with van der Waals surface area (Å²) in [7, 11) is 5.39. The van der Waals surface area contributed by atoms with E-state index >= 15 is 0 Å². The molecule has 11 nitrogen and oxygen atoms in total. The smallest absolute Gasteiger partial charge is 0.257 e. The van der Waals surface area contributed by atoms with Gasteiger partial charge in [0.15, 0.2) is 5.65 Å². The van der Waals surface area contributed by atoms with E-state index in [1.54, 1.807) is 22.7 Å². The van der Waals surface area contributed by atoms with Crippen LogP contribution in [0.15, 0.2) is 60.9 Å². The molecular formula is C35H41N7O4. The Labute approximate surface area is 268 Å². The highest BCUT2D eigenvalue weighted by molar-refractivity contribution is 5.99. The van der Waals surface area contributed by atoms with E-state index in [1.165, 1.54) is 0 Å². The van der Waals surface area contributed by atoms with E-state index in [2.05, 4.69) is 22.4 Å². The maximum absolute atomic E-state index is 13.8. The fourth-order valence-corrected chi connectivity index (χ4v) is 6.10. The van der Waals surface area contributed by atoms with Crippen LogP contribution in [-0.4, -0.2) is 73.5 Å². The molecule has 11 heteroatoms. The van der Waals surface area contributed by atoms with Gasteiger partial charge in [0.2, 0.25) is 0 Å². The number of carbonyl (C=O) groups excluding carboxylic acids is 1. The largest absolute Gasteiger partial charge is 0.496 e. The standard InChI is InChI=1S/C35H41N7O4/c1-6-29(43)28-20-31(37-21-23-8-7-9-25(18-23)33-36-14-15-40(33)3)42-34(38-28)32(22(2)39-42)24-10-11-30(45-5)27(19-24)35(44)41(4)26-12-16-46-17-13-26/h7-11,14-15,18-20,26,29,37,43H,6,12-13,16-17,21H2,1-5H3. The van der Waals surface area contributed by atoms with Gasteiger partial charge in [-0.15, -0.1) is 0 Å². The fourth-order valence-electron chi connectivity index (χ4n) is 6.10. The number of methoxy groups -OCH3 is 1. The third-order valence-electron chi connectivity index (χ3n) is 8.77. The number of fused-ring (bicyclic) bond motifs is 1. The predicted octanol–water partition coefficient (Wildman–Crippen LogP) is 5.42. The van der Waals surface area contributed by atoms with Gasteiger partial charge in [-0.25, -0.2) is 9.97 Å². The van der Waals surface area contributed by atoms with E-state index < -0.39 is 6.10 Å². The quantitative estimate of drug-likeness (QED) is 0.212. The van der Waals surface area contributed by atoms with E-state index in [0.717, 1.165) is 46.6 Å². The molecule has 1 aliphatic rings. The molecule has 0 radical (unpaired) electrons. The lowest BCUT2D eigenvalue weighted by atomic mass is 10.0. The zero-order valence-corrected chi connectivity index (χ0v) is 27.0. The summed E-state index contributed by atoms with van der Waals surface area (Å²) in [6.07, 6.45) is 5.08. The first kappa shape index (κ1) is 31.3. The molecule has 1 saturated heterocycles. The van der Waals surface area contributed by atoms with Gasteiger partial charge >= 0.3 is 0 Å². The lowest BCUT2D eigenvalue weighted by molar-refractivity contribution is 0.0360. The number of hydrogen-bond donors (Lipinski definition) is 2. The predicted molar refractivity (Wildman–Crippen MR) is 177 cm³/mol. The van der Waals surface area contributed by atoms with E-state index in [1.807, 2.05) is 75.1 Å². The molecule has 2 N–H and O–H groups in total. The molecule has 0 bridgehead atoms. The van der Waals surface area contributed by atoms with Crippen LogP contribution in [0.5, 0.6) is 5.75 Å². The monoisotopic (exact) mass is 623 g/mol. The average molecular weight is 624 g/mol. The van der Waals surface area contributed by atoms with Gasteiger partial charge in [0.1, 0.15) is 17.4 Å². The van der Waals surface area contributed by atoms with Gasteiger partial charge in [0.05, 0.1) is 30.2 Å². The maximum atomic E-state index is 13.8. The minimum atomic E-state index is -0.749. The molecule has 1 aliphatic heterocycles. The molecule has 1 amide bonds. The van der Waals surface area contributed by atoms with Crippen LogP contribution in [-0.2, 0) is 18.3 Å². The second kappa shape index (κ2) is 13.3. The zero-order valence-electron chi connectivity index (χ0n) is 27.0. The van der Waals surface area contributed by atoms with Crippen LogP contribution in [0.1, 0.15) is 59.6 Å². The Hall–Kier alpha value is -4.74. The van der Waals surface area contributed by atoms with Crippen molar-refractivity contribution in [2.45, 2.75) is 51.8 Å². The zero-order chi connectivity index (χ0) is 32.4. The first-order chi connectivity index (χ1) is 22.3. The van der Waals surface area contributed by atoms with Crippen molar-refractivity contribution < 1.29 is 19.4 Å². The van der Waals surface area contributed by atoms with E-state index in [9.17, 15) is 9.90 Å². The van der Waals surface area contributed by atoms with Gasteiger partial charge in [-0.05, 0) is 55.5 Å². The first-order valence-corrected chi connectivity index (χ1v) is 15.7. The fraction of sp³-hybridized carbons (Fsp3) is 0.371. The van der Waals surface area contributed by atoms with Crippen molar-refractivity contribution in [3.8, 4) is 28.3 Å². The molecule has 1 atom stereocenters. The summed E-state index contributed by atoms with van der Waals surface area (Å²) in [6.45, 7) is 5.66.